The van der Waals surface area contributed by atoms with Gasteiger partial charge in [0.05, 0.1) is 5.41 Å². The summed E-state index contributed by atoms with van der Waals surface area (Å²) in [5, 5.41) is 12.2. The van der Waals surface area contributed by atoms with E-state index in [1.54, 1.807) is 11.8 Å². The van der Waals surface area contributed by atoms with Crippen molar-refractivity contribution in [3.63, 3.8) is 0 Å². The summed E-state index contributed by atoms with van der Waals surface area (Å²) in [6.45, 7) is 3.54. The number of nitrogens with one attached hydrogen (secondary N) is 1. The fourth-order valence-electron chi connectivity index (χ4n) is 2.79. The van der Waals surface area contributed by atoms with Gasteiger partial charge in [-0.25, -0.2) is 4.79 Å². The maximum atomic E-state index is 12.1. The monoisotopic (exact) mass is 300 g/mol. The number of hydrogen-bond donors (Lipinski definition) is 2. The van der Waals surface area contributed by atoms with Crippen molar-refractivity contribution in [3.8, 4) is 0 Å². The first kappa shape index (κ1) is 15.5. The fraction of sp³-hybridized carbons (Fsp3) is 0.857. The maximum Gasteiger partial charge on any atom is 0.317 e. The van der Waals surface area contributed by atoms with Crippen molar-refractivity contribution in [1.29, 1.82) is 0 Å². The lowest BCUT2D eigenvalue weighted by atomic mass is 9.80. The molecule has 2 aliphatic rings. The van der Waals surface area contributed by atoms with E-state index in [-0.39, 0.29) is 10.8 Å². The number of thioether (sulfide) groups is 1. The third-order valence-electron chi connectivity index (χ3n) is 4.93. The molecule has 0 aromatic heterocycles. The number of carboxylic acid groups (broad SMARTS) is 1. The maximum absolute atomic E-state index is 12.1. The summed E-state index contributed by atoms with van der Waals surface area (Å²) in [6, 6.07) is -0.0437. The van der Waals surface area contributed by atoms with Gasteiger partial charge in [-0.3, -0.25) is 4.79 Å². The van der Waals surface area contributed by atoms with Crippen LogP contribution in [0.2, 0.25) is 0 Å². The zero-order valence-corrected chi connectivity index (χ0v) is 13.1. The molecule has 2 fully saturated rings. The predicted octanol–water partition coefficient (Wildman–Crippen LogP) is 2.17. The molecule has 5 nitrogen and oxygen atoms in total. The molecule has 1 aliphatic carbocycles. The predicted molar refractivity (Wildman–Crippen MR) is 80.0 cm³/mol. The number of likely N-dealkylation sites (tertiary alicyclic amines) is 1. The minimum Gasteiger partial charge on any atom is -0.481 e. The van der Waals surface area contributed by atoms with E-state index >= 15 is 0 Å². The van der Waals surface area contributed by atoms with Gasteiger partial charge in [0.1, 0.15) is 0 Å². The lowest BCUT2D eigenvalue weighted by Gasteiger charge is -2.41. The van der Waals surface area contributed by atoms with Gasteiger partial charge in [0.15, 0.2) is 0 Å². The highest BCUT2D eigenvalue weighted by Crippen LogP contribution is 2.42. The zero-order valence-electron chi connectivity index (χ0n) is 12.3. The molecule has 2 amide bonds. The normalized spacial score (nSPS) is 23.8. The summed E-state index contributed by atoms with van der Waals surface area (Å²) in [5.41, 5.74) is -0.675. The quantitative estimate of drug-likeness (QED) is 0.835. The Morgan fingerprint density at radius 3 is 2.25 bits per heavy atom. The molecular formula is C14H24N2O3S. The van der Waals surface area contributed by atoms with E-state index < -0.39 is 11.4 Å². The Bertz CT molecular complexity index is 382. The van der Waals surface area contributed by atoms with Gasteiger partial charge >= 0.3 is 12.0 Å². The van der Waals surface area contributed by atoms with E-state index in [4.69, 9.17) is 0 Å². The number of carbonyl (C=O) groups excluding carboxylic acids is 1. The molecule has 0 aromatic rings. The molecule has 1 saturated carbocycles. The van der Waals surface area contributed by atoms with Crippen molar-refractivity contribution in [2.24, 2.45) is 5.41 Å². The van der Waals surface area contributed by atoms with Crippen LogP contribution >= 0.6 is 11.8 Å². The Hall–Kier alpha value is -0.910. The molecular weight excluding hydrogens is 276 g/mol. The van der Waals surface area contributed by atoms with Crippen LogP contribution in [0.3, 0.4) is 0 Å². The highest BCUT2D eigenvalue weighted by Gasteiger charge is 2.39. The topological polar surface area (TPSA) is 69.6 Å². The lowest BCUT2D eigenvalue weighted by Crippen LogP contribution is -2.52. The molecule has 0 spiro atoms. The first-order valence-electron chi connectivity index (χ1n) is 7.22. The van der Waals surface area contributed by atoms with Crippen LogP contribution in [0.15, 0.2) is 0 Å². The summed E-state index contributed by atoms with van der Waals surface area (Å²) in [5.74, 6) is -0.756. The average molecular weight is 300 g/mol. The van der Waals surface area contributed by atoms with Crippen molar-refractivity contribution in [3.05, 3.63) is 0 Å². The van der Waals surface area contributed by atoms with Gasteiger partial charge in [-0.05, 0) is 38.9 Å². The van der Waals surface area contributed by atoms with Gasteiger partial charge in [0.25, 0.3) is 0 Å². The number of carbonyl (C=O) groups is 2. The van der Waals surface area contributed by atoms with Gasteiger partial charge < -0.3 is 15.3 Å². The number of aliphatic carboxylic acids is 1. The molecule has 0 aromatic carbocycles. The summed E-state index contributed by atoms with van der Waals surface area (Å²) >= 11 is 1.84. The fourth-order valence-corrected chi connectivity index (χ4v) is 3.70. The largest absolute Gasteiger partial charge is 0.481 e. The van der Waals surface area contributed by atoms with Gasteiger partial charge in [0.2, 0.25) is 0 Å². The number of urea groups is 1. The molecule has 1 heterocycles. The minimum absolute atomic E-state index is 0.0437. The smallest absolute Gasteiger partial charge is 0.317 e. The van der Waals surface area contributed by atoms with Crippen LogP contribution in [0.25, 0.3) is 0 Å². The molecule has 2 rings (SSSR count). The molecule has 0 unspecified atom stereocenters. The second-order valence-corrected chi connectivity index (χ2v) is 7.53. The highest BCUT2D eigenvalue weighted by molar-refractivity contribution is 8.00. The molecule has 114 valence electrons. The molecule has 6 heteroatoms. The van der Waals surface area contributed by atoms with E-state index in [1.807, 2.05) is 11.8 Å². The van der Waals surface area contributed by atoms with Crippen LogP contribution in [-0.2, 0) is 4.79 Å². The highest BCUT2D eigenvalue weighted by atomic mass is 32.2. The Balaban J connectivity index is 1.79. The summed E-state index contributed by atoms with van der Waals surface area (Å²) in [7, 11) is 0. The van der Waals surface area contributed by atoms with Crippen molar-refractivity contribution in [2.75, 3.05) is 25.9 Å². The molecule has 0 bridgehead atoms. The standard InChI is InChI=1S/C14H24N2O3S/c1-13(11(17)18)6-8-16(9-7-13)12(19)15-10-14(20-2)4-3-5-14/h3-10H2,1-2H3,(H,15,19)(H,17,18). The Kier molecular flexibility index (Phi) is 4.52. The zero-order chi connectivity index (χ0) is 14.8. The number of amides is 2. The molecule has 1 aliphatic heterocycles. The first-order valence-corrected chi connectivity index (χ1v) is 8.45. The van der Waals surface area contributed by atoms with Crippen molar-refractivity contribution < 1.29 is 14.7 Å². The van der Waals surface area contributed by atoms with E-state index in [1.165, 1.54) is 19.3 Å². The number of hydrogen-bond acceptors (Lipinski definition) is 3. The number of nitrogens with zero attached hydrogens (tertiary/aromatic N) is 1. The average Bonchev–Trinajstić information content (AvgIpc) is 2.38. The SMILES string of the molecule is CSC1(CNC(=O)N2CCC(C)(C(=O)O)CC2)CCC1. The third-order valence-corrected chi connectivity index (χ3v) is 6.35. The van der Waals surface area contributed by atoms with E-state index in [9.17, 15) is 14.7 Å². The van der Waals surface area contributed by atoms with Crippen LogP contribution in [0.1, 0.15) is 39.0 Å². The Labute approximate surface area is 124 Å². The summed E-state index contributed by atoms with van der Waals surface area (Å²) < 4.78 is 0.237. The Morgan fingerprint density at radius 1 is 1.25 bits per heavy atom. The van der Waals surface area contributed by atoms with Crippen molar-refractivity contribution in [1.82, 2.24) is 10.2 Å². The first-order chi connectivity index (χ1) is 9.41. The van der Waals surface area contributed by atoms with E-state index in [0.717, 1.165) is 6.54 Å². The number of carboxylic acids is 1. The van der Waals surface area contributed by atoms with E-state index in [0.29, 0.717) is 25.9 Å². The van der Waals surface area contributed by atoms with Gasteiger partial charge in [-0.1, -0.05) is 6.42 Å². The summed E-state index contributed by atoms with van der Waals surface area (Å²) in [6.07, 6.45) is 6.76. The molecule has 2 N–H and O–H groups in total. The minimum atomic E-state index is -0.756. The lowest BCUT2D eigenvalue weighted by molar-refractivity contribution is -0.150. The third kappa shape index (κ3) is 3.05. The van der Waals surface area contributed by atoms with Crippen LogP contribution in [0.4, 0.5) is 4.79 Å². The van der Waals surface area contributed by atoms with Crippen LogP contribution < -0.4 is 5.32 Å². The second kappa shape index (κ2) is 5.84. The van der Waals surface area contributed by atoms with E-state index in [2.05, 4.69) is 11.6 Å². The van der Waals surface area contributed by atoms with Crippen LogP contribution in [0, 0.1) is 5.41 Å². The Morgan fingerprint density at radius 2 is 1.85 bits per heavy atom. The van der Waals surface area contributed by atoms with Crippen LogP contribution in [0.5, 0.6) is 0 Å². The molecule has 0 radical (unpaired) electrons. The number of rotatable bonds is 4. The van der Waals surface area contributed by atoms with Crippen LogP contribution in [-0.4, -0.2) is 52.6 Å². The molecule has 1 saturated heterocycles. The second-order valence-electron chi connectivity index (χ2n) is 6.25. The van der Waals surface area contributed by atoms with Gasteiger partial charge in [-0.15, -0.1) is 0 Å². The van der Waals surface area contributed by atoms with Crippen molar-refractivity contribution >= 4 is 23.8 Å². The van der Waals surface area contributed by atoms with Gasteiger partial charge in [0, 0.05) is 24.4 Å². The molecule has 0 atom stereocenters. The molecule has 20 heavy (non-hydrogen) atoms. The summed E-state index contributed by atoms with van der Waals surface area (Å²) in [4.78, 5) is 25.1. The van der Waals surface area contributed by atoms with Crippen molar-refractivity contribution in [2.45, 2.75) is 43.8 Å². The number of piperidine rings is 1. The van der Waals surface area contributed by atoms with Gasteiger partial charge in [-0.2, -0.15) is 11.8 Å².